The van der Waals surface area contributed by atoms with Gasteiger partial charge in [-0.1, -0.05) is 6.42 Å². The molecule has 10 heavy (non-hydrogen) atoms. The molecule has 0 saturated heterocycles. The van der Waals surface area contributed by atoms with Gasteiger partial charge in [-0.15, -0.1) is 23.4 Å². The molecule has 0 aromatic rings. The van der Waals surface area contributed by atoms with E-state index in [-0.39, 0.29) is 0 Å². The molecule has 0 bridgehead atoms. The molecule has 0 aliphatic rings. The lowest BCUT2D eigenvalue weighted by Crippen LogP contribution is -1.86. The molecule has 0 saturated carbocycles. The first-order valence-electron chi connectivity index (χ1n) is 3.54. The minimum Gasteiger partial charge on any atom is -0.374 e. The third kappa shape index (κ3) is 8.60. The Labute approximate surface area is 72.5 Å². The Morgan fingerprint density at radius 1 is 1.30 bits per heavy atom. The monoisotopic (exact) mass is 182 g/mol. The van der Waals surface area contributed by atoms with E-state index in [1.165, 1.54) is 18.6 Å². The number of hydrogen-bond acceptors (Lipinski definition) is 2. The fraction of sp³-hybridized carbons (Fsp3) is 1.00. The Kier molecular flexibility index (Phi) is 10.2. The molecule has 0 fully saturated rings. The molecular weight excluding hydrogens is 168 g/mol. The van der Waals surface area contributed by atoms with Crippen LogP contribution in [-0.2, 0) is 4.74 Å². The number of hydrogen-bond donors (Lipinski definition) is 0. The molecule has 0 rings (SSSR count). The number of ether oxygens (including phenoxy) is 1. The lowest BCUT2D eigenvalue weighted by Gasteiger charge is -1.98. The number of alkyl halides is 1. The third-order valence-electron chi connectivity index (χ3n) is 1.12. The Hall–Kier alpha value is 0.600. The molecule has 0 aliphatic heterocycles. The quantitative estimate of drug-likeness (QED) is 0.340. The van der Waals surface area contributed by atoms with Gasteiger partial charge in [0.25, 0.3) is 0 Å². The zero-order chi connectivity index (χ0) is 7.66. The van der Waals surface area contributed by atoms with Crippen LogP contribution < -0.4 is 0 Å². The molecule has 0 aromatic heterocycles. The summed E-state index contributed by atoms with van der Waals surface area (Å²) >= 11 is 7.35. The van der Waals surface area contributed by atoms with Gasteiger partial charge in [-0.2, -0.15) is 0 Å². The van der Waals surface area contributed by atoms with Gasteiger partial charge in [0.2, 0.25) is 0 Å². The van der Waals surface area contributed by atoms with Gasteiger partial charge in [-0.25, -0.2) is 0 Å². The van der Waals surface area contributed by atoms with Crippen LogP contribution in [0.5, 0.6) is 0 Å². The highest BCUT2D eigenvalue weighted by molar-refractivity contribution is 7.99. The van der Waals surface area contributed by atoms with Crippen molar-refractivity contribution < 1.29 is 4.74 Å². The molecule has 0 aliphatic carbocycles. The zero-order valence-corrected chi connectivity index (χ0v) is 8.01. The van der Waals surface area contributed by atoms with Crippen molar-refractivity contribution in [2.45, 2.75) is 19.3 Å². The zero-order valence-electron chi connectivity index (χ0n) is 6.44. The number of rotatable bonds is 7. The molecule has 0 aromatic carbocycles. The van der Waals surface area contributed by atoms with Crippen LogP contribution in [0.2, 0.25) is 0 Å². The summed E-state index contributed by atoms with van der Waals surface area (Å²) in [6, 6.07) is 0. The summed E-state index contributed by atoms with van der Waals surface area (Å²) in [5.74, 6) is 2.82. The van der Waals surface area contributed by atoms with Gasteiger partial charge < -0.3 is 4.74 Å². The summed E-state index contributed by atoms with van der Waals surface area (Å²) < 4.78 is 4.89. The topological polar surface area (TPSA) is 9.23 Å². The molecular formula is C7H15ClOS. The van der Waals surface area contributed by atoms with Crippen LogP contribution in [0.1, 0.15) is 19.3 Å². The minimum absolute atomic E-state index is 0.801. The fourth-order valence-electron chi connectivity index (χ4n) is 0.618. The number of unbranched alkanes of at least 4 members (excludes halogenated alkanes) is 2. The second kappa shape index (κ2) is 9.60. The highest BCUT2D eigenvalue weighted by atomic mass is 35.5. The van der Waals surface area contributed by atoms with Crippen molar-refractivity contribution in [1.82, 2.24) is 0 Å². The molecule has 3 heteroatoms. The van der Waals surface area contributed by atoms with Crippen molar-refractivity contribution in [2.24, 2.45) is 0 Å². The van der Waals surface area contributed by atoms with Gasteiger partial charge in [-0.3, -0.25) is 0 Å². The standard InChI is InChI=1S/C7H15ClOS/c1-9-7-10-6-4-2-3-5-8/h2-7H2,1H3. The van der Waals surface area contributed by atoms with Crippen LogP contribution in [-0.4, -0.2) is 24.7 Å². The first-order valence-corrected chi connectivity index (χ1v) is 5.23. The Morgan fingerprint density at radius 2 is 2.10 bits per heavy atom. The van der Waals surface area contributed by atoms with E-state index in [9.17, 15) is 0 Å². The maximum atomic E-state index is 5.51. The Bertz CT molecular complexity index is 53.6. The van der Waals surface area contributed by atoms with Gasteiger partial charge in [0, 0.05) is 13.0 Å². The van der Waals surface area contributed by atoms with Gasteiger partial charge in [0.15, 0.2) is 0 Å². The van der Waals surface area contributed by atoms with Gasteiger partial charge in [-0.05, 0) is 18.6 Å². The van der Waals surface area contributed by atoms with Crippen molar-refractivity contribution in [3.63, 3.8) is 0 Å². The summed E-state index contributed by atoms with van der Waals surface area (Å²) in [5.41, 5.74) is 0. The van der Waals surface area contributed by atoms with Crippen LogP contribution in [0.15, 0.2) is 0 Å². The molecule has 0 atom stereocenters. The summed E-state index contributed by atoms with van der Waals surface area (Å²) in [5, 5.41) is 0. The van der Waals surface area contributed by atoms with E-state index in [1.54, 1.807) is 7.11 Å². The van der Waals surface area contributed by atoms with Gasteiger partial charge in [0.1, 0.15) is 0 Å². The molecule has 0 heterocycles. The van der Waals surface area contributed by atoms with Crippen molar-refractivity contribution in [3.8, 4) is 0 Å². The summed E-state index contributed by atoms with van der Waals surface area (Å²) in [7, 11) is 1.73. The Morgan fingerprint density at radius 3 is 2.70 bits per heavy atom. The average Bonchev–Trinajstić information content (AvgIpc) is 1.97. The van der Waals surface area contributed by atoms with E-state index in [2.05, 4.69) is 0 Å². The maximum Gasteiger partial charge on any atom is 0.0917 e. The van der Waals surface area contributed by atoms with Crippen molar-refractivity contribution in [3.05, 3.63) is 0 Å². The number of halogens is 1. The van der Waals surface area contributed by atoms with E-state index in [4.69, 9.17) is 16.3 Å². The first kappa shape index (κ1) is 10.6. The fourth-order valence-corrected chi connectivity index (χ4v) is 1.50. The molecule has 0 spiro atoms. The number of thioether (sulfide) groups is 1. The Balaban J connectivity index is 2.65. The predicted octanol–water partition coefficient (Wildman–Crippen LogP) is 2.73. The molecule has 62 valence electrons. The van der Waals surface area contributed by atoms with E-state index in [1.807, 2.05) is 11.8 Å². The van der Waals surface area contributed by atoms with Crippen LogP contribution >= 0.6 is 23.4 Å². The summed E-state index contributed by atoms with van der Waals surface area (Å²) in [6.07, 6.45) is 3.66. The van der Waals surface area contributed by atoms with Crippen molar-refractivity contribution >= 4 is 23.4 Å². The summed E-state index contributed by atoms with van der Waals surface area (Å²) in [6.45, 7) is 0. The largest absolute Gasteiger partial charge is 0.374 e. The first-order chi connectivity index (χ1) is 4.91. The van der Waals surface area contributed by atoms with Crippen molar-refractivity contribution in [2.75, 3.05) is 24.7 Å². The lowest BCUT2D eigenvalue weighted by atomic mass is 10.3. The van der Waals surface area contributed by atoms with Gasteiger partial charge >= 0.3 is 0 Å². The SMILES string of the molecule is COCSCCCCCCl. The maximum absolute atomic E-state index is 5.51. The van der Waals surface area contributed by atoms with E-state index in [0.29, 0.717) is 0 Å². The highest BCUT2D eigenvalue weighted by Crippen LogP contribution is 2.06. The van der Waals surface area contributed by atoms with Crippen molar-refractivity contribution in [1.29, 1.82) is 0 Å². The van der Waals surface area contributed by atoms with Crippen LogP contribution in [0.3, 0.4) is 0 Å². The summed E-state index contributed by atoms with van der Waals surface area (Å²) in [4.78, 5) is 0. The number of methoxy groups -OCH3 is 1. The average molecular weight is 183 g/mol. The van der Waals surface area contributed by atoms with E-state index >= 15 is 0 Å². The molecule has 0 unspecified atom stereocenters. The minimum atomic E-state index is 0.801. The smallest absolute Gasteiger partial charge is 0.0917 e. The molecule has 0 amide bonds. The second-order valence-corrected chi connectivity index (χ2v) is 3.49. The van der Waals surface area contributed by atoms with E-state index in [0.717, 1.165) is 18.2 Å². The van der Waals surface area contributed by atoms with Crippen LogP contribution in [0, 0.1) is 0 Å². The van der Waals surface area contributed by atoms with E-state index < -0.39 is 0 Å². The highest BCUT2D eigenvalue weighted by Gasteiger charge is 1.88. The molecule has 0 N–H and O–H groups in total. The van der Waals surface area contributed by atoms with Crippen LogP contribution in [0.4, 0.5) is 0 Å². The molecule has 0 radical (unpaired) electrons. The lowest BCUT2D eigenvalue weighted by molar-refractivity contribution is 0.259. The second-order valence-electron chi connectivity index (χ2n) is 2.06. The van der Waals surface area contributed by atoms with Gasteiger partial charge in [0.05, 0.1) is 5.94 Å². The molecule has 1 nitrogen and oxygen atoms in total. The third-order valence-corrected chi connectivity index (χ3v) is 2.37. The van der Waals surface area contributed by atoms with Crippen LogP contribution in [0.25, 0.3) is 0 Å². The predicted molar refractivity (Wildman–Crippen MR) is 48.9 cm³/mol. The normalized spacial score (nSPS) is 10.2.